The molecule has 1 N–H and O–H groups in total. The Morgan fingerprint density at radius 3 is 2.41 bits per heavy atom. The molecule has 0 unspecified atom stereocenters. The van der Waals surface area contributed by atoms with Crippen molar-refractivity contribution < 1.29 is 23.4 Å². The van der Waals surface area contributed by atoms with E-state index in [9.17, 15) is 4.79 Å². The van der Waals surface area contributed by atoms with Gasteiger partial charge in [0, 0.05) is 6.07 Å². The van der Waals surface area contributed by atoms with E-state index < -0.39 is 0 Å². The molecule has 0 spiro atoms. The predicted octanol–water partition coefficient (Wildman–Crippen LogP) is 3.42. The average Bonchev–Trinajstić information content (AvgIpc) is 3.20. The van der Waals surface area contributed by atoms with Crippen LogP contribution < -0.4 is 19.5 Å². The van der Waals surface area contributed by atoms with Crippen LogP contribution in [-0.2, 0) is 11.2 Å². The van der Waals surface area contributed by atoms with Gasteiger partial charge in [-0.3, -0.25) is 4.79 Å². The second kappa shape index (κ2) is 9.83. The topological polar surface area (TPSA) is 95.7 Å². The standard InChI is InChI=1S/C20H21N3O5S/c1-25-14-6-4-13(5-7-14)10-19-22-23-20(28-19)29-12-18(24)21-16-11-15(26-2)8-9-17(16)27-3/h4-9,11H,10,12H2,1-3H3,(H,21,24). The maximum atomic E-state index is 12.3. The first-order valence-electron chi connectivity index (χ1n) is 8.71. The predicted molar refractivity (Wildman–Crippen MR) is 109 cm³/mol. The molecule has 1 amide bonds. The molecule has 3 rings (SSSR count). The molecule has 29 heavy (non-hydrogen) atoms. The Morgan fingerprint density at radius 1 is 1.00 bits per heavy atom. The van der Waals surface area contributed by atoms with Crippen molar-refractivity contribution in [2.24, 2.45) is 0 Å². The Labute approximate surface area is 172 Å². The van der Waals surface area contributed by atoms with Gasteiger partial charge in [-0.1, -0.05) is 23.9 Å². The van der Waals surface area contributed by atoms with E-state index in [0.717, 1.165) is 23.1 Å². The smallest absolute Gasteiger partial charge is 0.277 e. The Hall–Kier alpha value is -3.20. The van der Waals surface area contributed by atoms with Gasteiger partial charge in [-0.2, -0.15) is 0 Å². The zero-order chi connectivity index (χ0) is 20.6. The van der Waals surface area contributed by atoms with Crippen LogP contribution in [0.25, 0.3) is 0 Å². The highest BCUT2D eigenvalue weighted by atomic mass is 32.2. The summed E-state index contributed by atoms with van der Waals surface area (Å²) in [5.41, 5.74) is 1.55. The first-order valence-corrected chi connectivity index (χ1v) is 9.70. The van der Waals surface area contributed by atoms with Crippen LogP contribution in [-0.4, -0.2) is 43.2 Å². The molecule has 1 heterocycles. The molecule has 0 fully saturated rings. The second-order valence-electron chi connectivity index (χ2n) is 5.89. The lowest BCUT2D eigenvalue weighted by atomic mass is 10.1. The average molecular weight is 415 g/mol. The van der Waals surface area contributed by atoms with Gasteiger partial charge in [0.15, 0.2) is 0 Å². The largest absolute Gasteiger partial charge is 0.497 e. The normalized spacial score (nSPS) is 10.4. The Bertz CT molecular complexity index is 959. The van der Waals surface area contributed by atoms with Gasteiger partial charge in [-0.15, -0.1) is 10.2 Å². The number of thioether (sulfide) groups is 1. The lowest BCUT2D eigenvalue weighted by Crippen LogP contribution is -2.14. The van der Waals surface area contributed by atoms with Crippen LogP contribution in [0, 0.1) is 0 Å². The summed E-state index contributed by atoms with van der Waals surface area (Å²) < 4.78 is 21.2. The van der Waals surface area contributed by atoms with Gasteiger partial charge in [0.05, 0.1) is 39.2 Å². The molecular weight excluding hydrogens is 394 g/mol. The number of methoxy groups -OCH3 is 3. The minimum atomic E-state index is -0.226. The zero-order valence-electron chi connectivity index (χ0n) is 16.3. The number of hydrogen-bond donors (Lipinski definition) is 1. The Balaban J connectivity index is 1.54. The Kier molecular flexibility index (Phi) is 6.96. The van der Waals surface area contributed by atoms with Crippen molar-refractivity contribution in [3.05, 3.63) is 53.9 Å². The summed E-state index contributed by atoms with van der Waals surface area (Å²) in [4.78, 5) is 12.3. The molecule has 0 radical (unpaired) electrons. The number of rotatable bonds is 9. The fraction of sp³-hybridized carbons (Fsp3) is 0.250. The van der Waals surface area contributed by atoms with Gasteiger partial charge in [-0.25, -0.2) is 0 Å². The van der Waals surface area contributed by atoms with E-state index in [1.165, 1.54) is 7.11 Å². The molecule has 0 saturated carbocycles. The lowest BCUT2D eigenvalue weighted by Gasteiger charge is -2.11. The summed E-state index contributed by atoms with van der Waals surface area (Å²) in [7, 11) is 4.72. The van der Waals surface area contributed by atoms with Gasteiger partial charge in [-0.05, 0) is 29.8 Å². The van der Waals surface area contributed by atoms with Gasteiger partial charge >= 0.3 is 0 Å². The van der Waals surface area contributed by atoms with Crippen LogP contribution in [0.5, 0.6) is 17.2 Å². The van der Waals surface area contributed by atoms with Crippen LogP contribution in [0.3, 0.4) is 0 Å². The molecule has 0 aliphatic heterocycles. The van der Waals surface area contributed by atoms with E-state index in [-0.39, 0.29) is 11.7 Å². The van der Waals surface area contributed by atoms with E-state index in [2.05, 4.69) is 15.5 Å². The number of amides is 1. The molecule has 8 nitrogen and oxygen atoms in total. The molecule has 0 atom stereocenters. The molecule has 0 saturated heterocycles. The number of anilines is 1. The van der Waals surface area contributed by atoms with Crippen molar-refractivity contribution in [1.29, 1.82) is 0 Å². The molecule has 0 bridgehead atoms. The fourth-order valence-corrected chi connectivity index (χ4v) is 3.09. The molecule has 3 aromatic rings. The number of aromatic nitrogens is 2. The molecule has 0 aliphatic rings. The van der Waals surface area contributed by atoms with Crippen LogP contribution >= 0.6 is 11.8 Å². The highest BCUT2D eigenvalue weighted by Crippen LogP contribution is 2.29. The van der Waals surface area contributed by atoms with Crippen LogP contribution in [0.1, 0.15) is 11.5 Å². The van der Waals surface area contributed by atoms with Crippen LogP contribution in [0.4, 0.5) is 5.69 Å². The molecule has 1 aromatic heterocycles. The quantitative estimate of drug-likeness (QED) is 0.531. The second-order valence-corrected chi connectivity index (χ2v) is 6.82. The van der Waals surface area contributed by atoms with E-state index >= 15 is 0 Å². The molecule has 152 valence electrons. The van der Waals surface area contributed by atoms with Crippen molar-refractivity contribution in [2.45, 2.75) is 11.6 Å². The first-order chi connectivity index (χ1) is 14.1. The third-order valence-electron chi connectivity index (χ3n) is 3.97. The van der Waals surface area contributed by atoms with Crippen molar-refractivity contribution in [1.82, 2.24) is 10.2 Å². The van der Waals surface area contributed by atoms with E-state index in [0.29, 0.717) is 34.7 Å². The lowest BCUT2D eigenvalue weighted by molar-refractivity contribution is -0.113. The summed E-state index contributed by atoms with van der Waals surface area (Å²) in [6.07, 6.45) is 0.505. The van der Waals surface area contributed by atoms with Crippen molar-refractivity contribution in [2.75, 3.05) is 32.4 Å². The number of nitrogens with zero attached hydrogens (tertiary/aromatic N) is 2. The summed E-state index contributed by atoms with van der Waals surface area (Å²) in [6, 6.07) is 12.8. The molecule has 2 aromatic carbocycles. The van der Waals surface area contributed by atoms with Crippen molar-refractivity contribution in [3.8, 4) is 17.2 Å². The first kappa shape index (κ1) is 20.5. The Morgan fingerprint density at radius 2 is 1.72 bits per heavy atom. The number of ether oxygens (including phenoxy) is 3. The third kappa shape index (κ3) is 5.64. The van der Waals surface area contributed by atoms with Crippen molar-refractivity contribution in [3.63, 3.8) is 0 Å². The maximum absolute atomic E-state index is 12.3. The van der Waals surface area contributed by atoms with E-state index in [1.807, 2.05) is 24.3 Å². The van der Waals surface area contributed by atoms with E-state index in [4.69, 9.17) is 18.6 Å². The maximum Gasteiger partial charge on any atom is 0.277 e. The number of hydrogen-bond acceptors (Lipinski definition) is 8. The molecule has 9 heteroatoms. The number of carbonyl (C=O) groups is 1. The number of benzene rings is 2. The SMILES string of the molecule is COc1ccc(Cc2nnc(SCC(=O)Nc3cc(OC)ccc3OC)o2)cc1. The van der Waals surface area contributed by atoms with Gasteiger partial charge < -0.3 is 23.9 Å². The highest BCUT2D eigenvalue weighted by molar-refractivity contribution is 7.99. The summed E-state index contributed by atoms with van der Waals surface area (Å²) in [5.74, 6) is 2.32. The molecule has 0 aliphatic carbocycles. The van der Waals surface area contributed by atoms with Crippen LogP contribution in [0.15, 0.2) is 52.1 Å². The summed E-state index contributed by atoms with van der Waals surface area (Å²) in [6.45, 7) is 0. The van der Waals surface area contributed by atoms with Gasteiger partial charge in [0.2, 0.25) is 11.8 Å². The van der Waals surface area contributed by atoms with Gasteiger partial charge in [0.25, 0.3) is 5.22 Å². The highest BCUT2D eigenvalue weighted by Gasteiger charge is 2.13. The van der Waals surface area contributed by atoms with Crippen molar-refractivity contribution >= 4 is 23.4 Å². The third-order valence-corrected chi connectivity index (χ3v) is 4.79. The van der Waals surface area contributed by atoms with Crippen LogP contribution in [0.2, 0.25) is 0 Å². The van der Waals surface area contributed by atoms with Gasteiger partial charge in [0.1, 0.15) is 17.2 Å². The summed E-state index contributed by atoms with van der Waals surface area (Å²) >= 11 is 1.16. The zero-order valence-corrected chi connectivity index (χ0v) is 17.1. The number of nitrogens with one attached hydrogen (secondary N) is 1. The van der Waals surface area contributed by atoms with E-state index in [1.54, 1.807) is 32.4 Å². The minimum Gasteiger partial charge on any atom is -0.497 e. The minimum absolute atomic E-state index is 0.116. The number of carbonyl (C=O) groups excluding carboxylic acids is 1. The fourth-order valence-electron chi connectivity index (χ4n) is 2.51. The monoisotopic (exact) mass is 415 g/mol. The molecular formula is C20H21N3O5S. The summed E-state index contributed by atoms with van der Waals surface area (Å²) in [5, 5.41) is 11.1.